The Morgan fingerprint density at radius 3 is 2.62 bits per heavy atom. The molecule has 0 aliphatic heterocycles. The third kappa shape index (κ3) is 2.67. The van der Waals surface area contributed by atoms with Crippen molar-refractivity contribution >= 4 is 21.6 Å². The number of aryl methyl sites for hydroxylation is 2. The Balaban J connectivity index is 1.67. The quantitative estimate of drug-likeness (QED) is 0.517. The summed E-state index contributed by atoms with van der Waals surface area (Å²) in [6.07, 6.45) is 0. The predicted molar refractivity (Wildman–Crippen MR) is 95.4 cm³/mol. The van der Waals surface area contributed by atoms with Crippen molar-refractivity contribution in [3.8, 4) is 16.3 Å². The minimum atomic E-state index is 0.434. The summed E-state index contributed by atoms with van der Waals surface area (Å²) in [6, 6.07) is 16.1. The molecule has 0 N–H and O–H groups in total. The molecule has 0 spiro atoms. The van der Waals surface area contributed by atoms with Gasteiger partial charge in [0.15, 0.2) is 0 Å². The summed E-state index contributed by atoms with van der Waals surface area (Å²) in [5.74, 6) is 1.61. The summed E-state index contributed by atoms with van der Waals surface area (Å²) < 4.78 is 12.4. The number of fused-ring (bicyclic) bond motifs is 1. The lowest BCUT2D eigenvalue weighted by Crippen LogP contribution is -1.99. The molecular weight excluding hydrogens is 320 g/mol. The van der Waals surface area contributed by atoms with Crippen LogP contribution >= 0.6 is 11.3 Å². The topological polar surface area (TPSA) is 48.2 Å². The van der Waals surface area contributed by atoms with Crippen molar-refractivity contribution in [2.45, 2.75) is 20.5 Å². The molecule has 0 atom stereocenters. The van der Waals surface area contributed by atoms with Crippen molar-refractivity contribution < 1.29 is 9.26 Å². The van der Waals surface area contributed by atoms with Crippen molar-refractivity contribution in [2.75, 3.05) is 0 Å². The van der Waals surface area contributed by atoms with Gasteiger partial charge in [0.05, 0.1) is 27.0 Å². The van der Waals surface area contributed by atoms with Gasteiger partial charge in [-0.05, 0) is 38.1 Å². The molecule has 0 unspecified atom stereocenters. The van der Waals surface area contributed by atoms with Crippen molar-refractivity contribution in [3.63, 3.8) is 0 Å². The van der Waals surface area contributed by atoms with E-state index >= 15 is 0 Å². The molecular formula is C19H16N2O2S. The first-order valence-corrected chi connectivity index (χ1v) is 8.53. The lowest BCUT2D eigenvalue weighted by Gasteiger charge is -2.09. The van der Waals surface area contributed by atoms with E-state index in [0.717, 1.165) is 38.9 Å². The van der Waals surface area contributed by atoms with Crippen molar-refractivity contribution in [1.29, 1.82) is 0 Å². The van der Waals surface area contributed by atoms with Crippen molar-refractivity contribution in [2.24, 2.45) is 0 Å². The van der Waals surface area contributed by atoms with Gasteiger partial charge in [0.1, 0.15) is 23.1 Å². The van der Waals surface area contributed by atoms with Crippen LogP contribution in [0.15, 0.2) is 53.1 Å². The Morgan fingerprint density at radius 1 is 1.04 bits per heavy atom. The summed E-state index contributed by atoms with van der Waals surface area (Å²) in [5, 5.41) is 4.94. The fourth-order valence-electron chi connectivity index (χ4n) is 2.61. The maximum atomic E-state index is 6.06. The smallest absolute Gasteiger partial charge is 0.140 e. The summed E-state index contributed by atoms with van der Waals surface area (Å²) in [4.78, 5) is 4.73. The van der Waals surface area contributed by atoms with E-state index in [1.807, 2.05) is 56.3 Å². The Kier molecular flexibility index (Phi) is 3.78. The lowest BCUT2D eigenvalue weighted by atomic mass is 10.2. The second kappa shape index (κ2) is 6.09. The van der Waals surface area contributed by atoms with Gasteiger partial charge in [-0.1, -0.05) is 29.4 Å². The number of ether oxygens (including phenoxy) is 1. The van der Waals surface area contributed by atoms with Crippen molar-refractivity contribution in [1.82, 2.24) is 10.1 Å². The van der Waals surface area contributed by atoms with Crippen LogP contribution in [0.25, 0.3) is 20.8 Å². The molecule has 0 radical (unpaired) electrons. The number of aromatic nitrogens is 2. The summed E-state index contributed by atoms with van der Waals surface area (Å²) in [6.45, 7) is 4.26. The highest BCUT2D eigenvalue weighted by atomic mass is 32.1. The molecule has 2 aromatic heterocycles. The zero-order valence-electron chi connectivity index (χ0n) is 13.4. The molecule has 5 heteroatoms. The van der Waals surface area contributed by atoms with Gasteiger partial charge in [0.25, 0.3) is 0 Å². The maximum absolute atomic E-state index is 6.06. The highest BCUT2D eigenvalue weighted by molar-refractivity contribution is 7.21. The third-order valence-corrected chi connectivity index (χ3v) is 5.03. The Labute approximate surface area is 143 Å². The van der Waals surface area contributed by atoms with E-state index in [9.17, 15) is 0 Å². The fraction of sp³-hybridized carbons (Fsp3) is 0.158. The lowest BCUT2D eigenvalue weighted by molar-refractivity contribution is 0.303. The van der Waals surface area contributed by atoms with E-state index in [0.29, 0.717) is 6.61 Å². The predicted octanol–water partition coefficient (Wildman–Crippen LogP) is 5.15. The van der Waals surface area contributed by atoms with Crippen LogP contribution < -0.4 is 4.74 Å². The highest BCUT2D eigenvalue weighted by Gasteiger charge is 2.14. The first-order valence-electron chi connectivity index (χ1n) is 7.72. The molecule has 24 heavy (non-hydrogen) atoms. The molecule has 0 aliphatic rings. The SMILES string of the molecule is Cc1noc(C)c1COc1ccccc1-c1nc2ccccc2s1. The van der Waals surface area contributed by atoms with E-state index < -0.39 is 0 Å². The number of nitrogens with zero attached hydrogens (tertiary/aromatic N) is 2. The second-order valence-corrected chi connectivity index (χ2v) is 6.60. The second-order valence-electron chi connectivity index (χ2n) is 5.57. The third-order valence-electron chi connectivity index (χ3n) is 3.96. The average Bonchev–Trinajstić information content (AvgIpc) is 3.17. The molecule has 0 saturated carbocycles. The Morgan fingerprint density at radius 2 is 1.83 bits per heavy atom. The van der Waals surface area contributed by atoms with E-state index in [-0.39, 0.29) is 0 Å². The largest absolute Gasteiger partial charge is 0.488 e. The van der Waals surface area contributed by atoms with Crippen LogP contribution in [0.1, 0.15) is 17.0 Å². The minimum Gasteiger partial charge on any atom is -0.488 e. The molecule has 0 saturated heterocycles. The summed E-state index contributed by atoms with van der Waals surface area (Å²) in [7, 11) is 0. The van der Waals surface area contributed by atoms with Gasteiger partial charge >= 0.3 is 0 Å². The zero-order valence-corrected chi connectivity index (χ0v) is 14.3. The van der Waals surface area contributed by atoms with Crippen LogP contribution in [0, 0.1) is 13.8 Å². The molecule has 0 fully saturated rings. The normalized spacial score (nSPS) is 11.1. The van der Waals surface area contributed by atoms with Gasteiger partial charge in [0.2, 0.25) is 0 Å². The van der Waals surface area contributed by atoms with E-state index in [1.165, 1.54) is 4.70 Å². The van der Waals surface area contributed by atoms with E-state index in [1.54, 1.807) is 11.3 Å². The molecule has 4 rings (SSSR count). The van der Waals surface area contributed by atoms with Crippen LogP contribution in [0.4, 0.5) is 0 Å². The van der Waals surface area contributed by atoms with E-state index in [4.69, 9.17) is 14.2 Å². The molecule has 4 aromatic rings. The first kappa shape index (κ1) is 14.9. The summed E-state index contributed by atoms with van der Waals surface area (Å²) >= 11 is 1.67. The van der Waals surface area contributed by atoms with Crippen LogP contribution in [0.2, 0.25) is 0 Å². The number of benzene rings is 2. The highest BCUT2D eigenvalue weighted by Crippen LogP contribution is 2.36. The van der Waals surface area contributed by atoms with Gasteiger partial charge in [-0.25, -0.2) is 4.98 Å². The number of para-hydroxylation sites is 2. The number of thiazole rings is 1. The zero-order chi connectivity index (χ0) is 16.5. The number of hydrogen-bond acceptors (Lipinski definition) is 5. The van der Waals surface area contributed by atoms with Gasteiger partial charge in [-0.15, -0.1) is 11.3 Å². The molecule has 2 heterocycles. The van der Waals surface area contributed by atoms with Crippen LogP contribution in [0.5, 0.6) is 5.75 Å². The molecule has 2 aromatic carbocycles. The Bertz CT molecular complexity index is 951. The van der Waals surface area contributed by atoms with Crippen LogP contribution in [-0.2, 0) is 6.61 Å². The minimum absolute atomic E-state index is 0.434. The first-order chi connectivity index (χ1) is 11.7. The van der Waals surface area contributed by atoms with Crippen molar-refractivity contribution in [3.05, 3.63) is 65.5 Å². The van der Waals surface area contributed by atoms with Gasteiger partial charge in [-0.3, -0.25) is 0 Å². The number of rotatable bonds is 4. The fourth-order valence-corrected chi connectivity index (χ4v) is 3.61. The van der Waals surface area contributed by atoms with E-state index in [2.05, 4.69) is 11.2 Å². The summed E-state index contributed by atoms with van der Waals surface area (Å²) in [5.41, 5.74) is 3.88. The average molecular weight is 336 g/mol. The van der Waals surface area contributed by atoms with Gasteiger partial charge < -0.3 is 9.26 Å². The standard InChI is InChI=1S/C19H16N2O2S/c1-12-15(13(2)23-21-12)11-22-17-9-5-3-7-14(17)19-20-16-8-4-6-10-18(16)24-19/h3-10H,11H2,1-2H3. The monoisotopic (exact) mass is 336 g/mol. The maximum Gasteiger partial charge on any atom is 0.140 e. The van der Waals surface area contributed by atoms with Crippen LogP contribution in [-0.4, -0.2) is 10.1 Å². The molecule has 0 amide bonds. The van der Waals surface area contributed by atoms with Gasteiger partial charge in [0, 0.05) is 0 Å². The molecule has 0 aliphatic carbocycles. The Hall–Kier alpha value is -2.66. The molecule has 120 valence electrons. The van der Waals surface area contributed by atoms with Crippen LogP contribution in [0.3, 0.4) is 0 Å². The van der Waals surface area contributed by atoms with Gasteiger partial charge in [-0.2, -0.15) is 0 Å². The molecule has 0 bridgehead atoms. The molecule has 4 nitrogen and oxygen atoms in total. The number of hydrogen-bond donors (Lipinski definition) is 0.